The molecule has 0 bridgehead atoms. The molecule has 0 heterocycles. The second-order valence-corrected chi connectivity index (χ2v) is 5.43. The lowest BCUT2D eigenvalue weighted by molar-refractivity contribution is 0.0534. The molecule has 19 heavy (non-hydrogen) atoms. The van der Waals surface area contributed by atoms with E-state index in [9.17, 15) is 4.79 Å². The molecule has 1 amide bonds. The quantitative estimate of drug-likeness (QED) is 0.848. The number of hydrogen-bond donors (Lipinski definition) is 1. The van der Waals surface area contributed by atoms with Gasteiger partial charge in [0.1, 0.15) is 5.60 Å². The normalized spacial score (nSPS) is 11.6. The molecule has 1 aromatic carbocycles. The fourth-order valence-electron chi connectivity index (χ4n) is 1.37. The maximum absolute atomic E-state index is 11.4. The van der Waals surface area contributed by atoms with Gasteiger partial charge in [0, 0.05) is 12.4 Å². The summed E-state index contributed by atoms with van der Waals surface area (Å²) in [6.45, 7) is 5.94. The number of carbonyl (C=O) groups is 1. The number of nitrogens with one attached hydrogen (secondary N) is 1. The maximum atomic E-state index is 11.4. The van der Waals surface area contributed by atoms with E-state index in [-0.39, 0.29) is 0 Å². The predicted octanol–water partition coefficient (Wildman–Crippen LogP) is 3.96. The maximum Gasteiger partial charge on any atom is 0.407 e. The third-order valence-electron chi connectivity index (χ3n) is 2.21. The summed E-state index contributed by atoms with van der Waals surface area (Å²) in [6.07, 6.45) is 3.41. The number of ether oxygens (including phenoxy) is 1. The van der Waals surface area contributed by atoms with Crippen LogP contribution in [0, 0.1) is 0 Å². The molecule has 0 aliphatic heterocycles. The van der Waals surface area contributed by atoms with Gasteiger partial charge in [-0.3, -0.25) is 0 Å². The number of rotatable bonds is 4. The van der Waals surface area contributed by atoms with E-state index < -0.39 is 11.7 Å². The number of benzene rings is 1. The van der Waals surface area contributed by atoms with Gasteiger partial charge in [0.05, 0.1) is 0 Å². The Labute approximate surface area is 119 Å². The molecular weight excluding hydrogens is 262 g/mol. The first-order valence-corrected chi connectivity index (χ1v) is 6.72. The number of carbonyl (C=O) groups excluding carboxylic acids is 1. The van der Waals surface area contributed by atoms with E-state index in [2.05, 4.69) is 5.32 Å². The third-order valence-corrected chi connectivity index (χ3v) is 2.52. The van der Waals surface area contributed by atoms with Crippen molar-refractivity contribution in [2.45, 2.75) is 32.3 Å². The number of hydrogen-bond acceptors (Lipinski definition) is 2. The van der Waals surface area contributed by atoms with Crippen LogP contribution in [0.2, 0.25) is 0 Å². The van der Waals surface area contributed by atoms with Crippen molar-refractivity contribution in [3.8, 4) is 0 Å². The van der Waals surface area contributed by atoms with Crippen LogP contribution in [0.25, 0.3) is 6.08 Å². The Kier molecular flexibility index (Phi) is 5.90. The average Bonchev–Trinajstić information content (AvgIpc) is 2.33. The lowest BCUT2D eigenvalue weighted by Gasteiger charge is -2.19. The van der Waals surface area contributed by atoms with E-state index in [1.165, 1.54) is 0 Å². The monoisotopic (exact) mass is 281 g/mol. The van der Waals surface area contributed by atoms with Crippen LogP contribution in [0.3, 0.4) is 0 Å². The van der Waals surface area contributed by atoms with Crippen LogP contribution in [0.5, 0.6) is 0 Å². The Hall–Kier alpha value is -1.48. The van der Waals surface area contributed by atoms with Gasteiger partial charge in [-0.05, 0) is 31.9 Å². The molecule has 104 valence electrons. The Bertz CT molecular complexity index is 432. The largest absolute Gasteiger partial charge is 0.444 e. The van der Waals surface area contributed by atoms with Gasteiger partial charge in [-0.2, -0.15) is 0 Å². The average molecular weight is 282 g/mol. The molecule has 0 atom stereocenters. The molecule has 0 spiro atoms. The molecule has 0 saturated carbocycles. The minimum absolute atomic E-state index is 0.408. The zero-order valence-corrected chi connectivity index (χ0v) is 12.3. The SMILES string of the molecule is CC(C)(C)OC(=O)NCC=Cc1ccc(CCl)cc1. The second-order valence-electron chi connectivity index (χ2n) is 5.16. The molecule has 0 aromatic heterocycles. The van der Waals surface area contributed by atoms with Gasteiger partial charge in [0.2, 0.25) is 0 Å². The molecule has 4 heteroatoms. The number of amides is 1. The van der Waals surface area contributed by atoms with Crippen LogP contribution in [-0.4, -0.2) is 18.2 Å². The van der Waals surface area contributed by atoms with Crippen molar-refractivity contribution in [1.82, 2.24) is 5.32 Å². The van der Waals surface area contributed by atoms with Gasteiger partial charge in [-0.25, -0.2) is 4.79 Å². The van der Waals surface area contributed by atoms with Gasteiger partial charge in [-0.15, -0.1) is 11.6 Å². The van der Waals surface area contributed by atoms with Crippen molar-refractivity contribution in [2.75, 3.05) is 6.54 Å². The van der Waals surface area contributed by atoms with Crippen LogP contribution in [-0.2, 0) is 10.6 Å². The van der Waals surface area contributed by atoms with E-state index in [0.29, 0.717) is 12.4 Å². The molecule has 0 aliphatic carbocycles. The predicted molar refractivity (Wildman–Crippen MR) is 79.3 cm³/mol. The first kappa shape index (κ1) is 15.6. The van der Waals surface area contributed by atoms with Crippen LogP contribution in [0.15, 0.2) is 30.3 Å². The minimum Gasteiger partial charge on any atom is -0.444 e. The van der Waals surface area contributed by atoms with Crippen LogP contribution < -0.4 is 5.32 Å². The molecule has 1 N–H and O–H groups in total. The lowest BCUT2D eigenvalue weighted by atomic mass is 10.1. The topological polar surface area (TPSA) is 38.3 Å². The molecule has 1 aromatic rings. The zero-order valence-electron chi connectivity index (χ0n) is 11.6. The highest BCUT2D eigenvalue weighted by atomic mass is 35.5. The highest BCUT2D eigenvalue weighted by molar-refractivity contribution is 6.17. The Morgan fingerprint density at radius 2 is 1.95 bits per heavy atom. The molecule has 0 radical (unpaired) electrons. The highest BCUT2D eigenvalue weighted by Crippen LogP contribution is 2.08. The van der Waals surface area contributed by atoms with E-state index in [1.807, 2.05) is 57.2 Å². The Morgan fingerprint density at radius 3 is 2.47 bits per heavy atom. The van der Waals surface area contributed by atoms with Crippen molar-refractivity contribution in [3.05, 3.63) is 41.5 Å². The van der Waals surface area contributed by atoms with Gasteiger partial charge < -0.3 is 10.1 Å². The van der Waals surface area contributed by atoms with Gasteiger partial charge in [0.15, 0.2) is 0 Å². The Balaban J connectivity index is 2.35. The summed E-state index contributed by atoms with van der Waals surface area (Å²) in [5, 5.41) is 2.66. The van der Waals surface area contributed by atoms with Gasteiger partial charge >= 0.3 is 6.09 Å². The van der Waals surface area contributed by atoms with Gasteiger partial charge in [0.25, 0.3) is 0 Å². The summed E-state index contributed by atoms with van der Waals surface area (Å²) in [6, 6.07) is 7.94. The molecule has 0 saturated heterocycles. The van der Waals surface area contributed by atoms with Crippen LogP contribution in [0.1, 0.15) is 31.9 Å². The van der Waals surface area contributed by atoms with Crippen molar-refractivity contribution in [3.63, 3.8) is 0 Å². The summed E-state index contributed by atoms with van der Waals surface area (Å²) in [4.78, 5) is 11.4. The van der Waals surface area contributed by atoms with Crippen LogP contribution in [0.4, 0.5) is 4.79 Å². The van der Waals surface area contributed by atoms with E-state index in [4.69, 9.17) is 16.3 Å². The lowest BCUT2D eigenvalue weighted by Crippen LogP contribution is -2.32. The molecule has 0 fully saturated rings. The number of alkyl carbamates (subject to hydrolysis) is 1. The van der Waals surface area contributed by atoms with Crippen molar-refractivity contribution >= 4 is 23.8 Å². The van der Waals surface area contributed by atoms with Crippen molar-refractivity contribution in [1.29, 1.82) is 0 Å². The van der Waals surface area contributed by atoms with Crippen molar-refractivity contribution < 1.29 is 9.53 Å². The zero-order chi connectivity index (χ0) is 14.3. The number of halogens is 1. The van der Waals surface area contributed by atoms with E-state index in [1.54, 1.807) is 0 Å². The summed E-state index contributed by atoms with van der Waals surface area (Å²) < 4.78 is 5.12. The van der Waals surface area contributed by atoms with E-state index >= 15 is 0 Å². The molecule has 3 nitrogen and oxygen atoms in total. The fraction of sp³-hybridized carbons (Fsp3) is 0.400. The second kappa shape index (κ2) is 7.19. The summed E-state index contributed by atoms with van der Waals surface area (Å²) in [5.41, 5.74) is 1.69. The number of alkyl halides is 1. The minimum atomic E-state index is -0.467. The first-order chi connectivity index (χ1) is 8.90. The molecular formula is C15H20ClNO2. The molecule has 0 aliphatic rings. The van der Waals surface area contributed by atoms with Crippen LogP contribution >= 0.6 is 11.6 Å². The highest BCUT2D eigenvalue weighted by Gasteiger charge is 2.14. The third kappa shape index (κ3) is 6.87. The van der Waals surface area contributed by atoms with Gasteiger partial charge in [-0.1, -0.05) is 36.4 Å². The standard InChI is InChI=1S/C15H20ClNO2/c1-15(2,3)19-14(18)17-10-4-5-12-6-8-13(11-16)9-7-12/h4-9H,10-11H2,1-3H3,(H,17,18). The smallest absolute Gasteiger partial charge is 0.407 e. The molecule has 1 rings (SSSR count). The summed E-state index contributed by atoms with van der Waals surface area (Å²) >= 11 is 5.71. The molecule has 0 unspecified atom stereocenters. The Morgan fingerprint density at radius 1 is 1.32 bits per heavy atom. The fourth-order valence-corrected chi connectivity index (χ4v) is 1.55. The summed E-state index contributed by atoms with van der Waals surface area (Å²) in [5.74, 6) is 0.518. The van der Waals surface area contributed by atoms with E-state index in [0.717, 1.165) is 11.1 Å². The first-order valence-electron chi connectivity index (χ1n) is 6.19. The summed E-state index contributed by atoms with van der Waals surface area (Å²) in [7, 11) is 0. The van der Waals surface area contributed by atoms with Crippen molar-refractivity contribution in [2.24, 2.45) is 0 Å².